The van der Waals surface area contributed by atoms with E-state index in [1.165, 1.54) is 4.90 Å². The predicted molar refractivity (Wildman–Crippen MR) is 172 cm³/mol. The van der Waals surface area contributed by atoms with Crippen molar-refractivity contribution < 1.29 is 42.1 Å². The fourth-order valence-electron chi connectivity index (χ4n) is 5.88. The highest BCUT2D eigenvalue weighted by atomic mass is 19.4. The van der Waals surface area contributed by atoms with Crippen molar-refractivity contribution in [2.45, 2.75) is 78.0 Å². The molecule has 0 atom stereocenters. The number of ether oxygens (including phenoxy) is 2. The molecule has 47 heavy (non-hydrogen) atoms. The van der Waals surface area contributed by atoms with E-state index in [1.54, 1.807) is 46.8 Å². The molecule has 8 nitrogen and oxygen atoms in total. The van der Waals surface area contributed by atoms with Crippen molar-refractivity contribution in [3.63, 3.8) is 0 Å². The largest absolute Gasteiger partial charge is 0.493 e. The van der Waals surface area contributed by atoms with Crippen LogP contribution >= 0.6 is 0 Å². The van der Waals surface area contributed by atoms with Crippen LogP contribution in [0.15, 0.2) is 54.6 Å². The molecular weight excluding hydrogens is 613 g/mol. The van der Waals surface area contributed by atoms with Crippen molar-refractivity contribution in [3.8, 4) is 5.75 Å². The van der Waals surface area contributed by atoms with Gasteiger partial charge >= 0.3 is 18.2 Å². The van der Waals surface area contributed by atoms with Gasteiger partial charge in [-0.1, -0.05) is 30.3 Å². The maximum absolute atomic E-state index is 14.5. The van der Waals surface area contributed by atoms with Gasteiger partial charge in [0.1, 0.15) is 11.4 Å². The molecule has 1 aliphatic heterocycles. The molecule has 0 aromatic heterocycles. The number of amides is 2. The number of rotatable bonds is 9. The van der Waals surface area contributed by atoms with Crippen molar-refractivity contribution in [3.05, 3.63) is 93.5 Å². The Morgan fingerprint density at radius 1 is 0.957 bits per heavy atom. The average molecular weight is 655 g/mol. The van der Waals surface area contributed by atoms with E-state index < -0.39 is 53.3 Å². The maximum Gasteiger partial charge on any atom is 0.418 e. The molecule has 11 heteroatoms. The van der Waals surface area contributed by atoms with Crippen LogP contribution < -0.4 is 10.1 Å². The smallest absolute Gasteiger partial charge is 0.418 e. The predicted octanol–water partition coefficient (Wildman–Crippen LogP) is 7.94. The lowest BCUT2D eigenvalue weighted by Gasteiger charge is -2.34. The second-order valence-electron chi connectivity index (χ2n) is 12.9. The molecule has 1 heterocycles. The first-order valence-corrected chi connectivity index (χ1v) is 15.5. The van der Waals surface area contributed by atoms with Crippen LogP contribution in [0.25, 0.3) is 0 Å². The lowest BCUT2D eigenvalue weighted by Crippen LogP contribution is -2.41. The first-order chi connectivity index (χ1) is 22.0. The van der Waals surface area contributed by atoms with Gasteiger partial charge < -0.3 is 24.8 Å². The van der Waals surface area contributed by atoms with E-state index in [4.69, 9.17) is 9.47 Å². The molecule has 0 unspecified atom stereocenters. The van der Waals surface area contributed by atoms with Crippen LogP contribution in [-0.4, -0.2) is 53.3 Å². The monoisotopic (exact) mass is 654 g/mol. The molecule has 1 fully saturated rings. The number of hydrogen-bond donors (Lipinski definition) is 2. The van der Waals surface area contributed by atoms with Gasteiger partial charge in [-0.3, -0.25) is 9.59 Å². The highest BCUT2D eigenvalue weighted by Gasteiger charge is 2.37. The maximum atomic E-state index is 14.5. The number of carboxylic acid groups (broad SMARTS) is 1. The van der Waals surface area contributed by atoms with E-state index >= 15 is 0 Å². The third-order valence-corrected chi connectivity index (χ3v) is 8.00. The number of likely N-dealkylation sites (tertiary alicyclic amines) is 1. The van der Waals surface area contributed by atoms with E-state index in [-0.39, 0.29) is 29.8 Å². The molecule has 0 spiro atoms. The van der Waals surface area contributed by atoms with Gasteiger partial charge in [0.05, 0.1) is 24.3 Å². The van der Waals surface area contributed by atoms with Gasteiger partial charge in [0, 0.05) is 25.1 Å². The van der Waals surface area contributed by atoms with Crippen LogP contribution in [0.1, 0.15) is 83.3 Å². The minimum absolute atomic E-state index is 0.173. The van der Waals surface area contributed by atoms with E-state index in [0.717, 1.165) is 17.7 Å². The number of alkyl halides is 3. The minimum Gasteiger partial charge on any atom is -0.493 e. The van der Waals surface area contributed by atoms with Gasteiger partial charge in [-0.25, -0.2) is 4.79 Å². The molecule has 2 amide bonds. The van der Waals surface area contributed by atoms with Gasteiger partial charge in [0.2, 0.25) is 0 Å². The number of carbonyl (C=O) groups is 3. The number of anilines is 1. The third-order valence-electron chi connectivity index (χ3n) is 8.00. The van der Waals surface area contributed by atoms with Gasteiger partial charge in [0.25, 0.3) is 5.91 Å². The lowest BCUT2D eigenvalue weighted by atomic mass is 9.84. The van der Waals surface area contributed by atoms with Crippen molar-refractivity contribution in [2.75, 3.05) is 25.0 Å². The van der Waals surface area contributed by atoms with E-state index in [1.807, 2.05) is 30.3 Å². The fraction of sp³-hybridized carbons (Fsp3) is 0.417. The topological polar surface area (TPSA) is 105 Å². The summed E-state index contributed by atoms with van der Waals surface area (Å²) in [6, 6.07) is 15.2. The number of nitrogens with one attached hydrogen (secondary N) is 1. The highest BCUT2D eigenvalue weighted by Crippen LogP contribution is 2.41. The first-order valence-electron chi connectivity index (χ1n) is 15.5. The zero-order valence-electron chi connectivity index (χ0n) is 27.3. The van der Waals surface area contributed by atoms with Gasteiger partial charge in [-0.05, 0) is 105 Å². The summed E-state index contributed by atoms with van der Waals surface area (Å²) in [7, 11) is 0. The Morgan fingerprint density at radius 3 is 2.13 bits per heavy atom. The van der Waals surface area contributed by atoms with Crippen molar-refractivity contribution >= 4 is 23.7 Å². The Bertz CT molecular complexity index is 1580. The van der Waals surface area contributed by atoms with E-state index in [0.29, 0.717) is 42.7 Å². The average Bonchev–Trinajstić information content (AvgIpc) is 2.96. The lowest BCUT2D eigenvalue weighted by molar-refractivity contribution is -0.137. The standard InChI is InChI=1S/C36H41F3N2O6/c1-22-17-27(46-16-13-24-9-7-6-8-10-24)18-23(2)32(22)33(44)40-30-19-26(20-31(42)43)28(21-29(30)36(37,38)39)25-11-14-41(15-12-25)34(45)47-35(3,4)5/h6-10,17-19,21,25H,11-16,20H2,1-5H3,(H,40,44)(H,42,43). The second-order valence-corrected chi connectivity index (χ2v) is 12.9. The van der Waals surface area contributed by atoms with E-state index in [2.05, 4.69) is 5.32 Å². The molecule has 2 N–H and O–H groups in total. The second kappa shape index (κ2) is 14.5. The summed E-state index contributed by atoms with van der Waals surface area (Å²) in [4.78, 5) is 39.3. The number of nitrogens with zero attached hydrogens (tertiary/aromatic N) is 1. The molecule has 1 saturated heterocycles. The summed E-state index contributed by atoms with van der Waals surface area (Å²) >= 11 is 0. The Labute approximate surface area is 272 Å². The molecule has 0 radical (unpaired) electrons. The number of piperidine rings is 1. The summed E-state index contributed by atoms with van der Waals surface area (Å²) in [6.45, 7) is 9.49. The van der Waals surface area contributed by atoms with Crippen LogP contribution in [0.4, 0.5) is 23.7 Å². The Balaban J connectivity index is 1.57. The summed E-state index contributed by atoms with van der Waals surface area (Å²) in [5, 5.41) is 12.1. The molecule has 3 aromatic rings. The first kappa shape index (κ1) is 35.3. The van der Waals surface area contributed by atoms with Crippen molar-refractivity contribution in [1.29, 1.82) is 0 Å². The number of benzene rings is 3. The normalized spacial score (nSPS) is 14.1. The van der Waals surface area contributed by atoms with Crippen molar-refractivity contribution in [2.24, 2.45) is 0 Å². The molecule has 3 aromatic carbocycles. The van der Waals surface area contributed by atoms with E-state index in [9.17, 15) is 32.7 Å². The van der Waals surface area contributed by atoms with Crippen LogP contribution in [-0.2, 0) is 28.5 Å². The summed E-state index contributed by atoms with van der Waals surface area (Å²) in [5.74, 6) is -1.85. The molecule has 4 rings (SSSR count). The molecule has 0 aliphatic carbocycles. The van der Waals surface area contributed by atoms with Crippen molar-refractivity contribution in [1.82, 2.24) is 4.90 Å². The minimum atomic E-state index is -4.84. The Hall–Kier alpha value is -4.54. The van der Waals surface area contributed by atoms with Crippen LogP contribution in [0.5, 0.6) is 5.75 Å². The number of hydrogen-bond acceptors (Lipinski definition) is 5. The fourth-order valence-corrected chi connectivity index (χ4v) is 5.88. The van der Waals surface area contributed by atoms with Crippen LogP contribution in [0.3, 0.4) is 0 Å². The SMILES string of the molecule is Cc1cc(OCCc2ccccc2)cc(C)c1C(=O)Nc1cc(CC(=O)O)c(C2CCN(C(=O)OC(C)(C)C)CC2)cc1C(F)(F)F. The quantitative estimate of drug-likeness (QED) is 0.243. The molecule has 0 saturated carbocycles. The number of halogens is 3. The van der Waals surface area contributed by atoms with Gasteiger partial charge in [0.15, 0.2) is 0 Å². The zero-order valence-corrected chi connectivity index (χ0v) is 27.3. The molecule has 252 valence electrons. The third kappa shape index (κ3) is 9.49. The number of carboxylic acids is 1. The molecule has 0 bridgehead atoms. The highest BCUT2D eigenvalue weighted by molar-refractivity contribution is 6.07. The zero-order chi connectivity index (χ0) is 34.5. The Kier molecular flexibility index (Phi) is 10.9. The van der Waals surface area contributed by atoms with Gasteiger partial charge in [-0.2, -0.15) is 13.2 Å². The number of aliphatic carboxylic acids is 1. The summed E-state index contributed by atoms with van der Waals surface area (Å²) < 4.78 is 54.7. The number of aryl methyl sites for hydroxylation is 2. The van der Waals surface area contributed by atoms with Crippen LogP contribution in [0, 0.1) is 13.8 Å². The van der Waals surface area contributed by atoms with Gasteiger partial charge in [-0.15, -0.1) is 0 Å². The summed E-state index contributed by atoms with van der Waals surface area (Å²) in [5.41, 5.74) is 0.480. The molecule has 1 aliphatic rings. The summed E-state index contributed by atoms with van der Waals surface area (Å²) in [6.07, 6.45) is -4.54. The Morgan fingerprint density at radius 2 is 1.57 bits per heavy atom. The molecular formula is C36H41F3N2O6. The number of carbonyl (C=O) groups excluding carboxylic acids is 2. The van der Waals surface area contributed by atoms with Crippen LogP contribution in [0.2, 0.25) is 0 Å².